The second kappa shape index (κ2) is 9.34. The van der Waals surface area contributed by atoms with E-state index < -0.39 is 17.7 Å². The molecule has 1 N–H and O–H groups in total. The number of ketones is 1. The van der Waals surface area contributed by atoms with Gasteiger partial charge in [0.05, 0.1) is 18.2 Å². The van der Waals surface area contributed by atoms with Gasteiger partial charge < -0.3 is 19.5 Å². The second-order valence-corrected chi connectivity index (χ2v) is 6.58. The van der Waals surface area contributed by atoms with Gasteiger partial charge in [-0.3, -0.25) is 14.6 Å². The number of nitrogens with zero attached hydrogens (tertiary/aromatic N) is 2. The van der Waals surface area contributed by atoms with E-state index in [1.54, 1.807) is 55.9 Å². The van der Waals surface area contributed by atoms with Crippen LogP contribution in [0.1, 0.15) is 30.5 Å². The van der Waals surface area contributed by atoms with Crippen molar-refractivity contribution in [3.8, 4) is 5.75 Å². The van der Waals surface area contributed by atoms with E-state index in [2.05, 4.69) is 4.98 Å². The molecular weight excluding hydrogens is 372 g/mol. The van der Waals surface area contributed by atoms with Gasteiger partial charge in [-0.2, -0.15) is 0 Å². The Labute approximate surface area is 169 Å². The first-order chi connectivity index (χ1) is 14.1. The first kappa shape index (κ1) is 20.5. The summed E-state index contributed by atoms with van der Waals surface area (Å²) in [4.78, 5) is 31.1. The lowest BCUT2D eigenvalue weighted by Gasteiger charge is -2.25. The molecule has 0 bridgehead atoms. The molecule has 1 amide bonds. The average molecular weight is 396 g/mol. The molecule has 1 fully saturated rings. The van der Waals surface area contributed by atoms with E-state index in [0.717, 1.165) is 0 Å². The van der Waals surface area contributed by atoms with Gasteiger partial charge in [-0.15, -0.1) is 0 Å². The van der Waals surface area contributed by atoms with E-state index in [1.165, 1.54) is 4.90 Å². The summed E-state index contributed by atoms with van der Waals surface area (Å²) in [5.41, 5.74) is 1.19. The van der Waals surface area contributed by atoms with Crippen LogP contribution in [0.15, 0.2) is 54.4 Å². The van der Waals surface area contributed by atoms with Crippen LogP contribution in [0.3, 0.4) is 0 Å². The molecule has 1 aromatic heterocycles. The topological polar surface area (TPSA) is 89.0 Å². The lowest BCUT2D eigenvalue weighted by molar-refractivity contribution is -0.140. The number of methoxy groups -OCH3 is 1. The Bertz CT molecular complexity index is 910. The molecule has 1 aliphatic heterocycles. The number of aromatic nitrogens is 1. The van der Waals surface area contributed by atoms with Crippen LogP contribution in [-0.2, 0) is 14.3 Å². The number of aliphatic hydroxyl groups is 1. The molecule has 1 aromatic carbocycles. The van der Waals surface area contributed by atoms with Crippen molar-refractivity contribution in [1.29, 1.82) is 0 Å². The van der Waals surface area contributed by atoms with Gasteiger partial charge in [0.1, 0.15) is 11.5 Å². The highest BCUT2D eigenvalue weighted by molar-refractivity contribution is 6.46. The normalized spacial score (nSPS) is 18.3. The van der Waals surface area contributed by atoms with Gasteiger partial charge in [0, 0.05) is 38.2 Å². The molecule has 1 aliphatic rings. The van der Waals surface area contributed by atoms with Crippen molar-refractivity contribution in [2.45, 2.75) is 19.4 Å². The van der Waals surface area contributed by atoms with Gasteiger partial charge in [0.15, 0.2) is 0 Å². The average Bonchev–Trinajstić information content (AvgIpc) is 2.99. The van der Waals surface area contributed by atoms with E-state index in [-0.39, 0.29) is 11.3 Å². The van der Waals surface area contributed by atoms with Gasteiger partial charge in [-0.25, -0.2) is 0 Å². The molecule has 2 heterocycles. The number of hydrogen-bond acceptors (Lipinski definition) is 6. The zero-order chi connectivity index (χ0) is 20.8. The summed E-state index contributed by atoms with van der Waals surface area (Å²) >= 11 is 0. The Morgan fingerprint density at radius 3 is 2.66 bits per heavy atom. The first-order valence-corrected chi connectivity index (χ1v) is 9.49. The Hall–Kier alpha value is -3.19. The third-order valence-electron chi connectivity index (χ3n) is 4.73. The van der Waals surface area contributed by atoms with Crippen LogP contribution in [0.2, 0.25) is 0 Å². The molecular formula is C22H24N2O5. The van der Waals surface area contributed by atoms with Crippen LogP contribution < -0.4 is 4.74 Å². The Morgan fingerprint density at radius 2 is 1.97 bits per heavy atom. The number of pyridine rings is 1. The Kier molecular flexibility index (Phi) is 6.61. The van der Waals surface area contributed by atoms with Crippen LogP contribution in [0, 0.1) is 0 Å². The molecule has 0 saturated carbocycles. The highest BCUT2D eigenvalue weighted by Crippen LogP contribution is 2.39. The third kappa shape index (κ3) is 4.30. The number of carbonyl (C=O) groups is 2. The van der Waals surface area contributed by atoms with E-state index in [1.807, 2.05) is 6.92 Å². The van der Waals surface area contributed by atoms with Crippen LogP contribution in [-0.4, -0.2) is 53.5 Å². The standard InChI is InChI=1S/C22H24N2O5/c1-3-29-17-7-4-6-16(14-17)20(25)18-19(15-8-10-23-11-9-15)24(12-5-13-28-2)22(27)21(18)26/h4,6-11,14,19,25H,3,5,12-13H2,1-2H3. The van der Waals surface area contributed by atoms with Crippen molar-refractivity contribution in [3.63, 3.8) is 0 Å². The third-order valence-corrected chi connectivity index (χ3v) is 4.73. The molecule has 7 nitrogen and oxygen atoms in total. The molecule has 3 rings (SSSR count). The van der Waals surface area contributed by atoms with Crippen LogP contribution in [0.4, 0.5) is 0 Å². The van der Waals surface area contributed by atoms with E-state index >= 15 is 0 Å². The van der Waals surface area contributed by atoms with Gasteiger partial charge in [-0.05, 0) is 43.2 Å². The van der Waals surface area contributed by atoms with Crippen molar-refractivity contribution in [2.24, 2.45) is 0 Å². The van der Waals surface area contributed by atoms with Gasteiger partial charge >= 0.3 is 0 Å². The highest BCUT2D eigenvalue weighted by atomic mass is 16.5. The summed E-state index contributed by atoms with van der Waals surface area (Å²) in [7, 11) is 1.58. The molecule has 0 radical (unpaired) electrons. The zero-order valence-electron chi connectivity index (χ0n) is 16.5. The van der Waals surface area contributed by atoms with E-state index in [4.69, 9.17) is 9.47 Å². The summed E-state index contributed by atoms with van der Waals surface area (Å²) in [5.74, 6) is -0.985. The minimum atomic E-state index is -0.705. The van der Waals surface area contributed by atoms with E-state index in [0.29, 0.717) is 43.1 Å². The smallest absolute Gasteiger partial charge is 0.295 e. The van der Waals surface area contributed by atoms with Crippen LogP contribution >= 0.6 is 0 Å². The molecule has 1 unspecified atom stereocenters. The minimum Gasteiger partial charge on any atom is -0.507 e. The van der Waals surface area contributed by atoms with Gasteiger partial charge in [0.25, 0.3) is 11.7 Å². The van der Waals surface area contributed by atoms with Crippen molar-refractivity contribution in [1.82, 2.24) is 9.88 Å². The molecule has 1 saturated heterocycles. The predicted molar refractivity (Wildman–Crippen MR) is 107 cm³/mol. The fourth-order valence-electron chi connectivity index (χ4n) is 3.44. The van der Waals surface area contributed by atoms with Crippen molar-refractivity contribution < 1.29 is 24.2 Å². The van der Waals surface area contributed by atoms with Crippen molar-refractivity contribution in [2.75, 3.05) is 26.9 Å². The summed E-state index contributed by atoms with van der Waals surface area (Å²) < 4.78 is 10.6. The lowest BCUT2D eigenvalue weighted by atomic mass is 9.96. The monoisotopic (exact) mass is 396 g/mol. The Morgan fingerprint density at radius 1 is 1.21 bits per heavy atom. The predicted octanol–water partition coefficient (Wildman–Crippen LogP) is 2.94. The number of Topliss-reactive ketones (excluding diaryl/α,β-unsaturated/α-hetero) is 1. The molecule has 1 atom stereocenters. The number of benzene rings is 1. The van der Waals surface area contributed by atoms with Crippen LogP contribution in [0.5, 0.6) is 5.75 Å². The lowest BCUT2D eigenvalue weighted by Crippen LogP contribution is -2.31. The Balaban J connectivity index is 2.08. The number of aliphatic hydroxyl groups excluding tert-OH is 1. The number of rotatable bonds is 8. The second-order valence-electron chi connectivity index (χ2n) is 6.58. The number of hydrogen-bond donors (Lipinski definition) is 1. The maximum absolute atomic E-state index is 12.9. The molecule has 29 heavy (non-hydrogen) atoms. The maximum atomic E-state index is 12.9. The molecule has 0 aliphatic carbocycles. The highest BCUT2D eigenvalue weighted by Gasteiger charge is 2.45. The number of likely N-dealkylation sites (tertiary alicyclic amines) is 1. The summed E-state index contributed by atoms with van der Waals surface area (Å²) in [6.45, 7) is 3.14. The van der Waals surface area contributed by atoms with Crippen LogP contribution in [0.25, 0.3) is 5.76 Å². The SMILES string of the molecule is CCOc1cccc(C(O)=C2C(=O)C(=O)N(CCCOC)C2c2ccncc2)c1. The number of ether oxygens (including phenoxy) is 2. The van der Waals surface area contributed by atoms with Crippen molar-refractivity contribution >= 4 is 17.4 Å². The largest absolute Gasteiger partial charge is 0.507 e. The van der Waals surface area contributed by atoms with E-state index in [9.17, 15) is 14.7 Å². The minimum absolute atomic E-state index is 0.0623. The summed E-state index contributed by atoms with van der Waals surface area (Å²) in [6.07, 6.45) is 3.77. The molecule has 152 valence electrons. The zero-order valence-corrected chi connectivity index (χ0v) is 16.5. The number of amides is 1. The maximum Gasteiger partial charge on any atom is 0.295 e. The molecule has 0 spiro atoms. The fourth-order valence-corrected chi connectivity index (χ4v) is 3.44. The summed E-state index contributed by atoms with van der Waals surface area (Å²) in [6, 6.07) is 9.62. The van der Waals surface area contributed by atoms with Crippen molar-refractivity contribution in [3.05, 3.63) is 65.5 Å². The van der Waals surface area contributed by atoms with Gasteiger partial charge in [-0.1, -0.05) is 12.1 Å². The number of carbonyl (C=O) groups excluding carboxylic acids is 2. The summed E-state index contributed by atoms with van der Waals surface area (Å²) in [5, 5.41) is 11.0. The fraction of sp³-hybridized carbons (Fsp3) is 0.318. The quantitative estimate of drug-likeness (QED) is 0.319. The molecule has 2 aromatic rings. The first-order valence-electron chi connectivity index (χ1n) is 9.49. The molecule has 7 heteroatoms. The van der Waals surface area contributed by atoms with Gasteiger partial charge in [0.2, 0.25) is 0 Å².